The third kappa shape index (κ3) is 5.18. The Kier molecular flexibility index (Phi) is 7.08. The molecule has 34 heavy (non-hydrogen) atoms. The zero-order chi connectivity index (χ0) is 24.2. The topological polar surface area (TPSA) is 112 Å². The molecule has 0 unspecified atom stereocenters. The lowest BCUT2D eigenvalue weighted by Gasteiger charge is -2.31. The van der Waals surface area contributed by atoms with Gasteiger partial charge in [-0.2, -0.15) is 5.26 Å². The van der Waals surface area contributed by atoms with E-state index in [1.54, 1.807) is 17.5 Å². The zero-order valence-electron chi connectivity index (χ0n) is 19.3. The van der Waals surface area contributed by atoms with E-state index in [4.69, 9.17) is 15.1 Å². The van der Waals surface area contributed by atoms with Gasteiger partial charge in [-0.1, -0.05) is 13.8 Å². The maximum absolute atomic E-state index is 13.3. The lowest BCUT2D eigenvalue weighted by Crippen LogP contribution is -2.36. The van der Waals surface area contributed by atoms with E-state index in [0.29, 0.717) is 43.3 Å². The summed E-state index contributed by atoms with van der Waals surface area (Å²) in [6.07, 6.45) is 6.94. The molecule has 0 amide bonds. The third-order valence-electron chi connectivity index (χ3n) is 6.07. The van der Waals surface area contributed by atoms with Gasteiger partial charge in [0.25, 0.3) is 5.56 Å². The first-order valence-electron chi connectivity index (χ1n) is 11.4. The molecule has 0 aromatic carbocycles. The lowest BCUT2D eigenvalue weighted by molar-refractivity contribution is -0.131. The normalized spacial score (nSPS) is 14.8. The average Bonchev–Trinajstić information content (AvgIpc) is 3.31. The number of nitrogens with zero attached hydrogens (tertiary/aromatic N) is 5. The van der Waals surface area contributed by atoms with E-state index in [1.165, 1.54) is 10.5 Å². The van der Waals surface area contributed by atoms with Crippen molar-refractivity contribution in [3.05, 3.63) is 62.0 Å². The molecule has 1 aliphatic rings. The summed E-state index contributed by atoms with van der Waals surface area (Å²) in [6.45, 7) is 5.45. The van der Waals surface area contributed by atoms with Crippen LogP contribution >= 0.6 is 11.3 Å². The Morgan fingerprint density at radius 1 is 1.32 bits per heavy atom. The second-order valence-electron chi connectivity index (χ2n) is 8.80. The number of nitriles is 1. The van der Waals surface area contributed by atoms with E-state index in [-0.39, 0.29) is 17.0 Å². The summed E-state index contributed by atoms with van der Waals surface area (Å²) in [5, 5.41) is 21.5. The fraction of sp³-hybridized carbons (Fsp3) is 0.400. The van der Waals surface area contributed by atoms with Crippen LogP contribution in [0.4, 0.5) is 5.82 Å². The predicted molar refractivity (Wildman–Crippen MR) is 132 cm³/mol. The van der Waals surface area contributed by atoms with Gasteiger partial charge in [0, 0.05) is 43.1 Å². The van der Waals surface area contributed by atoms with Gasteiger partial charge in [-0.05, 0) is 49.0 Å². The van der Waals surface area contributed by atoms with Crippen molar-refractivity contribution in [3.8, 4) is 6.07 Å². The second kappa shape index (κ2) is 10.2. The van der Waals surface area contributed by atoms with Gasteiger partial charge in [-0.15, -0.1) is 11.3 Å². The van der Waals surface area contributed by atoms with Crippen LogP contribution in [-0.4, -0.2) is 38.5 Å². The van der Waals surface area contributed by atoms with Crippen LogP contribution in [0.5, 0.6) is 0 Å². The largest absolute Gasteiger partial charge is 0.478 e. The number of carboxylic acid groups (broad SMARTS) is 1. The number of fused-ring (bicyclic) bond motifs is 1. The quantitative estimate of drug-likeness (QED) is 0.514. The maximum Gasteiger partial charge on any atom is 0.328 e. The zero-order valence-corrected chi connectivity index (χ0v) is 20.1. The number of carbonyl (C=O) groups is 1. The summed E-state index contributed by atoms with van der Waals surface area (Å²) in [5.74, 6) is -0.262. The Balaban J connectivity index is 1.67. The van der Waals surface area contributed by atoms with Crippen LogP contribution in [0.1, 0.15) is 54.4 Å². The van der Waals surface area contributed by atoms with Crippen molar-refractivity contribution in [1.82, 2.24) is 14.4 Å². The van der Waals surface area contributed by atoms with Crippen LogP contribution in [0, 0.1) is 17.2 Å². The number of pyridine rings is 1. The van der Waals surface area contributed by atoms with Gasteiger partial charge in [-0.25, -0.2) is 14.8 Å². The number of aryl methyl sites for hydroxylation is 2. The van der Waals surface area contributed by atoms with Crippen molar-refractivity contribution in [2.24, 2.45) is 5.92 Å². The van der Waals surface area contributed by atoms with Crippen molar-refractivity contribution in [2.75, 3.05) is 18.0 Å². The molecule has 0 atom stereocenters. The fourth-order valence-electron chi connectivity index (χ4n) is 4.06. The molecule has 9 heteroatoms. The number of aromatic nitrogens is 3. The molecule has 1 saturated heterocycles. The standard InChI is InChI=1S/C25H27N5O3S/c1-16(2)20-15-34-22(27-20)5-3-17-9-12-30-21(13-17)28-24(19(25(30)33)4-6-23(31)32)29-10-7-18(14-26)8-11-29/h4,6,9,12-13,15-16,18H,3,5,7-8,10-11H2,1-2H3,(H,31,32)/b6-4+. The predicted octanol–water partition coefficient (Wildman–Crippen LogP) is 3.90. The number of piperidine rings is 1. The minimum atomic E-state index is -1.13. The molecule has 1 fully saturated rings. The van der Waals surface area contributed by atoms with Crippen LogP contribution in [0.25, 0.3) is 11.7 Å². The Morgan fingerprint density at radius 2 is 2.09 bits per heavy atom. The van der Waals surface area contributed by atoms with Crippen molar-refractivity contribution in [1.29, 1.82) is 5.26 Å². The van der Waals surface area contributed by atoms with Gasteiger partial charge in [0.05, 0.1) is 22.3 Å². The van der Waals surface area contributed by atoms with E-state index in [1.807, 2.05) is 17.0 Å². The van der Waals surface area contributed by atoms with Crippen LogP contribution < -0.4 is 10.5 Å². The van der Waals surface area contributed by atoms with E-state index in [0.717, 1.165) is 35.2 Å². The highest BCUT2D eigenvalue weighted by Gasteiger charge is 2.23. The number of anilines is 1. The summed E-state index contributed by atoms with van der Waals surface area (Å²) < 4.78 is 1.46. The molecular formula is C25H27N5O3S. The first kappa shape index (κ1) is 23.6. The molecule has 3 aromatic heterocycles. The van der Waals surface area contributed by atoms with Crippen molar-refractivity contribution < 1.29 is 9.90 Å². The SMILES string of the molecule is CC(C)c1csc(CCc2ccn3c(=O)c(/C=C/C(=O)O)c(N4CCC(C#N)CC4)nc3c2)n1. The number of thiazole rings is 1. The first-order chi connectivity index (χ1) is 16.4. The Labute approximate surface area is 201 Å². The Morgan fingerprint density at radius 3 is 2.74 bits per heavy atom. The highest BCUT2D eigenvalue weighted by Crippen LogP contribution is 2.25. The molecule has 1 aliphatic heterocycles. The second-order valence-corrected chi connectivity index (χ2v) is 9.74. The molecule has 0 saturated carbocycles. The molecule has 0 radical (unpaired) electrons. The van der Waals surface area contributed by atoms with E-state index < -0.39 is 5.97 Å². The summed E-state index contributed by atoms with van der Waals surface area (Å²) >= 11 is 1.67. The number of rotatable bonds is 7. The number of aliphatic carboxylic acids is 1. The molecule has 1 N–H and O–H groups in total. The van der Waals surface area contributed by atoms with Crippen molar-refractivity contribution in [3.63, 3.8) is 0 Å². The molecule has 8 nitrogen and oxygen atoms in total. The van der Waals surface area contributed by atoms with E-state index in [2.05, 4.69) is 25.3 Å². The van der Waals surface area contributed by atoms with Crippen LogP contribution in [0.2, 0.25) is 0 Å². The smallest absolute Gasteiger partial charge is 0.328 e. The highest BCUT2D eigenvalue weighted by atomic mass is 32.1. The van der Waals surface area contributed by atoms with Crippen LogP contribution in [0.15, 0.2) is 34.6 Å². The number of hydrogen-bond acceptors (Lipinski definition) is 7. The third-order valence-corrected chi connectivity index (χ3v) is 6.99. The van der Waals surface area contributed by atoms with Crippen molar-refractivity contribution >= 4 is 34.8 Å². The molecule has 0 aliphatic carbocycles. The van der Waals surface area contributed by atoms with Gasteiger partial charge >= 0.3 is 5.97 Å². The minimum Gasteiger partial charge on any atom is -0.478 e. The highest BCUT2D eigenvalue weighted by molar-refractivity contribution is 7.09. The summed E-state index contributed by atoms with van der Waals surface area (Å²) in [6, 6.07) is 6.12. The maximum atomic E-state index is 13.3. The number of carboxylic acids is 1. The van der Waals surface area contributed by atoms with Gasteiger partial charge in [0.1, 0.15) is 11.5 Å². The van der Waals surface area contributed by atoms with Gasteiger partial charge in [-0.3, -0.25) is 9.20 Å². The van der Waals surface area contributed by atoms with E-state index in [9.17, 15) is 14.9 Å². The molecule has 0 spiro atoms. The average molecular weight is 478 g/mol. The monoisotopic (exact) mass is 477 g/mol. The molecule has 4 heterocycles. The molecule has 0 bridgehead atoms. The Bertz CT molecular complexity index is 1330. The summed E-state index contributed by atoms with van der Waals surface area (Å²) in [7, 11) is 0. The van der Waals surface area contributed by atoms with Gasteiger partial charge in [0.15, 0.2) is 0 Å². The minimum absolute atomic E-state index is 0.00973. The van der Waals surface area contributed by atoms with E-state index >= 15 is 0 Å². The van der Waals surface area contributed by atoms with Crippen molar-refractivity contribution in [2.45, 2.75) is 45.4 Å². The van der Waals surface area contributed by atoms with Crippen LogP contribution in [-0.2, 0) is 17.6 Å². The van der Waals surface area contributed by atoms with Gasteiger partial charge < -0.3 is 10.0 Å². The van der Waals surface area contributed by atoms with Crippen LogP contribution in [0.3, 0.4) is 0 Å². The summed E-state index contributed by atoms with van der Waals surface area (Å²) in [4.78, 5) is 35.9. The number of hydrogen-bond donors (Lipinski definition) is 1. The summed E-state index contributed by atoms with van der Waals surface area (Å²) in [5.41, 5.74) is 2.61. The molecule has 3 aromatic rings. The molecule has 4 rings (SSSR count). The fourth-order valence-corrected chi connectivity index (χ4v) is 5.02. The molecule has 176 valence electrons. The Hall–Kier alpha value is -3.51. The molecular weight excluding hydrogens is 450 g/mol. The lowest BCUT2D eigenvalue weighted by atomic mass is 9.98. The van der Waals surface area contributed by atoms with Gasteiger partial charge in [0.2, 0.25) is 0 Å². The first-order valence-corrected chi connectivity index (χ1v) is 12.3.